The lowest BCUT2D eigenvalue weighted by Crippen LogP contribution is -2.26. The maximum absolute atomic E-state index is 10.7. The van der Waals surface area contributed by atoms with Crippen molar-refractivity contribution < 1.29 is 20.1 Å². The maximum atomic E-state index is 10.7. The Bertz CT molecular complexity index is 418. The van der Waals surface area contributed by atoms with Crippen molar-refractivity contribution in [1.82, 2.24) is 4.90 Å². The Labute approximate surface area is 92.6 Å². The maximum Gasteiger partial charge on any atom is 0.407 e. The minimum Gasteiger partial charge on any atom is -0.508 e. The van der Waals surface area contributed by atoms with Crippen LogP contribution in [-0.4, -0.2) is 39.4 Å². The number of amides is 1. The molecule has 1 aliphatic rings. The Morgan fingerprint density at radius 2 is 2.12 bits per heavy atom. The van der Waals surface area contributed by atoms with E-state index in [2.05, 4.69) is 0 Å². The summed E-state index contributed by atoms with van der Waals surface area (Å²) < 4.78 is 0. The molecule has 0 radical (unpaired) electrons. The smallest absolute Gasteiger partial charge is 0.407 e. The fraction of sp³-hybridized carbons (Fsp3) is 0.364. The summed E-state index contributed by atoms with van der Waals surface area (Å²) in [6, 6.07) is 4.41. The molecule has 1 unspecified atom stereocenters. The molecule has 1 fully saturated rings. The summed E-state index contributed by atoms with van der Waals surface area (Å²) in [6.07, 6.45) is -0.231. The SMILES string of the molecule is O=C(O)N1CCC(c2ccc(O)cc2O)C1. The average Bonchev–Trinajstić information content (AvgIpc) is 2.66. The molecular weight excluding hydrogens is 210 g/mol. The van der Waals surface area contributed by atoms with Crippen LogP contribution >= 0.6 is 0 Å². The van der Waals surface area contributed by atoms with E-state index in [1.807, 2.05) is 0 Å². The Morgan fingerprint density at radius 1 is 1.38 bits per heavy atom. The summed E-state index contributed by atoms with van der Waals surface area (Å²) in [6.45, 7) is 0.883. The highest BCUT2D eigenvalue weighted by Crippen LogP contribution is 2.34. The van der Waals surface area contributed by atoms with Gasteiger partial charge >= 0.3 is 6.09 Å². The number of carbonyl (C=O) groups is 1. The van der Waals surface area contributed by atoms with Crippen LogP contribution in [-0.2, 0) is 0 Å². The van der Waals surface area contributed by atoms with Gasteiger partial charge in [0, 0.05) is 25.1 Å². The quantitative estimate of drug-likeness (QED) is 0.675. The van der Waals surface area contributed by atoms with Crippen LogP contribution in [0, 0.1) is 0 Å². The predicted octanol–water partition coefficient (Wildman–Crippen LogP) is 1.57. The van der Waals surface area contributed by atoms with Crippen LogP contribution < -0.4 is 0 Å². The summed E-state index contributed by atoms with van der Waals surface area (Å²) in [4.78, 5) is 12.1. The molecule has 1 aromatic rings. The van der Waals surface area contributed by atoms with Gasteiger partial charge in [-0.05, 0) is 18.1 Å². The third-order valence-corrected chi connectivity index (χ3v) is 2.91. The molecule has 86 valence electrons. The summed E-state index contributed by atoms with van der Waals surface area (Å²) >= 11 is 0. The molecule has 0 aromatic heterocycles. The molecule has 5 nitrogen and oxygen atoms in total. The molecule has 0 bridgehead atoms. The number of phenolic OH excluding ortho intramolecular Hbond substituents is 2. The Morgan fingerprint density at radius 3 is 2.69 bits per heavy atom. The fourth-order valence-corrected chi connectivity index (χ4v) is 2.07. The lowest BCUT2D eigenvalue weighted by atomic mass is 9.97. The van der Waals surface area contributed by atoms with E-state index in [0.717, 1.165) is 0 Å². The largest absolute Gasteiger partial charge is 0.508 e. The van der Waals surface area contributed by atoms with Crippen LogP contribution in [0.15, 0.2) is 18.2 Å². The molecule has 1 saturated heterocycles. The summed E-state index contributed by atoms with van der Waals surface area (Å²) in [5, 5.41) is 27.6. The third kappa shape index (κ3) is 1.88. The first-order valence-electron chi connectivity index (χ1n) is 5.07. The molecule has 5 heteroatoms. The lowest BCUT2D eigenvalue weighted by molar-refractivity contribution is 0.155. The number of rotatable bonds is 1. The predicted molar refractivity (Wildman–Crippen MR) is 56.7 cm³/mol. The zero-order chi connectivity index (χ0) is 11.7. The van der Waals surface area contributed by atoms with E-state index in [1.54, 1.807) is 6.07 Å². The third-order valence-electron chi connectivity index (χ3n) is 2.91. The van der Waals surface area contributed by atoms with Crippen LogP contribution in [0.3, 0.4) is 0 Å². The number of nitrogens with zero attached hydrogens (tertiary/aromatic N) is 1. The van der Waals surface area contributed by atoms with E-state index in [9.17, 15) is 9.90 Å². The Kier molecular flexibility index (Phi) is 2.60. The monoisotopic (exact) mass is 223 g/mol. The first kappa shape index (κ1) is 10.6. The highest BCUT2D eigenvalue weighted by Gasteiger charge is 2.28. The summed E-state index contributed by atoms with van der Waals surface area (Å²) in [5.74, 6) is 0.0447. The van der Waals surface area contributed by atoms with Crippen molar-refractivity contribution in [2.45, 2.75) is 12.3 Å². The molecular formula is C11H13NO4. The second-order valence-corrected chi connectivity index (χ2v) is 3.96. The Hall–Kier alpha value is -1.91. The molecule has 16 heavy (non-hydrogen) atoms. The van der Waals surface area contributed by atoms with Crippen LogP contribution in [0.5, 0.6) is 11.5 Å². The van der Waals surface area contributed by atoms with Gasteiger partial charge in [0.1, 0.15) is 11.5 Å². The Balaban J connectivity index is 2.17. The van der Waals surface area contributed by atoms with E-state index in [-0.39, 0.29) is 17.4 Å². The van der Waals surface area contributed by atoms with Crippen LogP contribution in [0.25, 0.3) is 0 Å². The van der Waals surface area contributed by atoms with Gasteiger partial charge in [0.25, 0.3) is 0 Å². The molecule has 2 rings (SSSR count). The number of hydrogen-bond acceptors (Lipinski definition) is 3. The van der Waals surface area contributed by atoms with Crippen molar-refractivity contribution in [2.75, 3.05) is 13.1 Å². The summed E-state index contributed by atoms with van der Waals surface area (Å²) in [7, 11) is 0. The second-order valence-electron chi connectivity index (χ2n) is 3.96. The van der Waals surface area contributed by atoms with Crippen molar-refractivity contribution in [3.8, 4) is 11.5 Å². The number of benzene rings is 1. The zero-order valence-electron chi connectivity index (χ0n) is 8.63. The molecule has 1 amide bonds. The molecule has 1 heterocycles. The van der Waals surface area contributed by atoms with Gasteiger partial charge in [0.15, 0.2) is 0 Å². The second kappa shape index (κ2) is 3.92. The van der Waals surface area contributed by atoms with Gasteiger partial charge in [-0.3, -0.25) is 0 Å². The van der Waals surface area contributed by atoms with Gasteiger partial charge in [-0.15, -0.1) is 0 Å². The van der Waals surface area contributed by atoms with Crippen molar-refractivity contribution in [3.63, 3.8) is 0 Å². The van der Waals surface area contributed by atoms with Crippen molar-refractivity contribution in [2.24, 2.45) is 0 Å². The minimum atomic E-state index is -0.930. The molecule has 0 spiro atoms. The molecule has 3 N–H and O–H groups in total. The van der Waals surface area contributed by atoms with Gasteiger partial charge in [0.2, 0.25) is 0 Å². The van der Waals surface area contributed by atoms with E-state index < -0.39 is 6.09 Å². The van der Waals surface area contributed by atoms with Gasteiger partial charge in [-0.2, -0.15) is 0 Å². The van der Waals surface area contributed by atoms with Gasteiger partial charge < -0.3 is 20.2 Å². The van der Waals surface area contributed by atoms with E-state index >= 15 is 0 Å². The highest BCUT2D eigenvalue weighted by molar-refractivity contribution is 5.65. The van der Waals surface area contributed by atoms with Crippen molar-refractivity contribution in [3.05, 3.63) is 23.8 Å². The van der Waals surface area contributed by atoms with Crippen molar-refractivity contribution >= 4 is 6.09 Å². The first-order valence-corrected chi connectivity index (χ1v) is 5.07. The van der Waals surface area contributed by atoms with Gasteiger partial charge in [-0.1, -0.05) is 6.07 Å². The number of likely N-dealkylation sites (tertiary alicyclic amines) is 1. The van der Waals surface area contributed by atoms with Crippen LogP contribution in [0.1, 0.15) is 17.9 Å². The first-order chi connectivity index (χ1) is 7.58. The standard InChI is InChI=1S/C11H13NO4/c13-8-1-2-9(10(14)5-8)7-3-4-12(6-7)11(15)16/h1-2,5,7,13-14H,3-4,6H2,(H,15,16). The van der Waals surface area contributed by atoms with Crippen LogP contribution in [0.4, 0.5) is 4.79 Å². The normalized spacial score (nSPS) is 20.0. The van der Waals surface area contributed by atoms with E-state index in [0.29, 0.717) is 25.1 Å². The van der Waals surface area contributed by atoms with Crippen molar-refractivity contribution in [1.29, 1.82) is 0 Å². The molecule has 0 saturated carbocycles. The number of hydrogen-bond donors (Lipinski definition) is 3. The lowest BCUT2D eigenvalue weighted by Gasteiger charge is -2.13. The van der Waals surface area contributed by atoms with Crippen LogP contribution in [0.2, 0.25) is 0 Å². The molecule has 1 aromatic carbocycles. The van der Waals surface area contributed by atoms with Gasteiger partial charge in [-0.25, -0.2) is 4.79 Å². The molecule has 0 aliphatic carbocycles. The van der Waals surface area contributed by atoms with E-state index in [4.69, 9.17) is 10.2 Å². The average molecular weight is 223 g/mol. The zero-order valence-corrected chi connectivity index (χ0v) is 8.63. The van der Waals surface area contributed by atoms with E-state index in [1.165, 1.54) is 17.0 Å². The topological polar surface area (TPSA) is 81.0 Å². The molecule has 1 aliphatic heterocycles. The molecule has 1 atom stereocenters. The number of phenols is 2. The fourth-order valence-electron chi connectivity index (χ4n) is 2.07. The highest BCUT2D eigenvalue weighted by atomic mass is 16.4. The summed E-state index contributed by atoms with van der Waals surface area (Å²) in [5.41, 5.74) is 0.696. The minimum absolute atomic E-state index is 0.00865. The number of aromatic hydroxyl groups is 2. The van der Waals surface area contributed by atoms with Gasteiger partial charge in [0.05, 0.1) is 0 Å². The number of carboxylic acid groups (broad SMARTS) is 1.